The maximum Gasteiger partial charge on any atom is 0.306 e. The van der Waals surface area contributed by atoms with E-state index in [2.05, 4.69) is 69.4 Å². The number of hydrogen-bond donors (Lipinski definition) is 0. The monoisotopic (exact) mass is 967 g/mol. The Morgan fingerprint density at radius 2 is 0.536 bits per heavy atom. The Morgan fingerprint density at radius 3 is 0.870 bits per heavy atom. The molecule has 1 atom stereocenters. The third-order valence-electron chi connectivity index (χ3n) is 13.3. The highest BCUT2D eigenvalue weighted by molar-refractivity contribution is 5.71. The summed E-state index contributed by atoms with van der Waals surface area (Å²) in [4.78, 5) is 38.1. The van der Waals surface area contributed by atoms with Crippen molar-refractivity contribution in [2.24, 2.45) is 0 Å². The van der Waals surface area contributed by atoms with Crippen LogP contribution in [0.25, 0.3) is 0 Å². The second kappa shape index (κ2) is 57.9. The van der Waals surface area contributed by atoms with Crippen LogP contribution in [0.3, 0.4) is 0 Å². The SMILES string of the molecule is CCCC/C=C\CCCCCCCC(=O)OCC(COC(=O)CCCCCCCCCCCCCCCCC/C=C\C/C=C\CCCCCCC)OC(=O)CCCCCCC/C=C\CCCCCC. The third-order valence-corrected chi connectivity index (χ3v) is 13.3. The molecule has 1 unspecified atom stereocenters. The highest BCUT2D eigenvalue weighted by Crippen LogP contribution is 2.16. The minimum Gasteiger partial charge on any atom is -0.462 e. The first-order valence-corrected chi connectivity index (χ1v) is 30.1. The van der Waals surface area contributed by atoms with Crippen molar-refractivity contribution in [1.29, 1.82) is 0 Å². The fraction of sp³-hybridized carbons (Fsp3) is 0.825. The van der Waals surface area contributed by atoms with Gasteiger partial charge < -0.3 is 14.2 Å². The molecule has 0 aliphatic heterocycles. The summed E-state index contributed by atoms with van der Waals surface area (Å²) < 4.78 is 16.8. The Balaban J connectivity index is 4.16. The molecule has 0 radical (unpaired) electrons. The van der Waals surface area contributed by atoms with Crippen molar-refractivity contribution in [2.45, 2.75) is 322 Å². The molecule has 69 heavy (non-hydrogen) atoms. The van der Waals surface area contributed by atoms with E-state index in [-0.39, 0.29) is 31.1 Å². The first-order valence-electron chi connectivity index (χ1n) is 30.1. The molecule has 0 aromatic rings. The standard InChI is InChI=1S/C63H114O6/c1-4-7-10-13-16-19-22-24-25-26-27-28-29-30-31-32-33-34-35-36-37-39-41-44-47-50-53-56-62(65)68-59-60(58-67-61(64)55-52-49-46-43-40-21-18-15-12-9-6-3)69-63(66)57-54-51-48-45-42-38-23-20-17-14-11-8-5-2/h15,18,20,22-24,26-27,60H,4-14,16-17,19,21,25,28-59H2,1-3H3/b18-15-,23-20-,24-22-,27-26-. The number of allylic oxidation sites excluding steroid dienone is 8. The average molecular weight is 968 g/mol. The Kier molecular flexibility index (Phi) is 55.7. The molecular formula is C63H114O6. The molecule has 0 aliphatic rings. The molecule has 0 aliphatic carbocycles. The molecule has 0 bridgehead atoms. The molecule has 0 saturated heterocycles. The van der Waals surface area contributed by atoms with E-state index in [0.717, 1.165) is 83.5 Å². The van der Waals surface area contributed by atoms with Crippen LogP contribution < -0.4 is 0 Å². The molecule has 0 amide bonds. The van der Waals surface area contributed by atoms with Gasteiger partial charge in [-0.2, -0.15) is 0 Å². The van der Waals surface area contributed by atoms with Crippen molar-refractivity contribution in [3.8, 4) is 0 Å². The van der Waals surface area contributed by atoms with Gasteiger partial charge in [-0.25, -0.2) is 0 Å². The molecule has 0 heterocycles. The molecule has 402 valence electrons. The first kappa shape index (κ1) is 66.4. The van der Waals surface area contributed by atoms with Crippen molar-refractivity contribution < 1.29 is 28.6 Å². The van der Waals surface area contributed by atoms with Crippen LogP contribution in [0.5, 0.6) is 0 Å². The Labute approximate surface area is 428 Å². The minimum atomic E-state index is -0.778. The zero-order valence-electron chi connectivity index (χ0n) is 46.1. The second-order valence-corrected chi connectivity index (χ2v) is 20.2. The average Bonchev–Trinajstić information content (AvgIpc) is 3.35. The van der Waals surface area contributed by atoms with E-state index in [1.807, 2.05) is 0 Å². The van der Waals surface area contributed by atoms with Crippen LogP contribution in [0.1, 0.15) is 316 Å². The molecule has 0 spiro atoms. The fourth-order valence-electron chi connectivity index (χ4n) is 8.69. The summed E-state index contributed by atoms with van der Waals surface area (Å²) >= 11 is 0. The lowest BCUT2D eigenvalue weighted by Crippen LogP contribution is -2.30. The molecule has 0 fully saturated rings. The zero-order chi connectivity index (χ0) is 50.0. The molecule has 0 aromatic carbocycles. The van der Waals surface area contributed by atoms with Crippen molar-refractivity contribution in [2.75, 3.05) is 13.2 Å². The predicted octanol–water partition coefficient (Wildman–Crippen LogP) is 20.2. The van der Waals surface area contributed by atoms with Gasteiger partial charge in [0, 0.05) is 19.3 Å². The molecule has 6 heteroatoms. The van der Waals surface area contributed by atoms with Crippen molar-refractivity contribution in [1.82, 2.24) is 0 Å². The van der Waals surface area contributed by atoms with Crippen molar-refractivity contribution >= 4 is 17.9 Å². The lowest BCUT2D eigenvalue weighted by Gasteiger charge is -2.18. The number of carbonyl (C=O) groups is 3. The molecule has 0 aromatic heterocycles. The van der Waals surface area contributed by atoms with Gasteiger partial charge in [-0.3, -0.25) is 14.4 Å². The third kappa shape index (κ3) is 56.2. The van der Waals surface area contributed by atoms with Gasteiger partial charge in [-0.15, -0.1) is 0 Å². The normalized spacial score (nSPS) is 12.3. The van der Waals surface area contributed by atoms with Gasteiger partial charge in [0.05, 0.1) is 0 Å². The lowest BCUT2D eigenvalue weighted by atomic mass is 10.0. The van der Waals surface area contributed by atoms with Crippen molar-refractivity contribution in [3.63, 3.8) is 0 Å². The second-order valence-electron chi connectivity index (χ2n) is 20.2. The summed E-state index contributed by atoms with van der Waals surface area (Å²) in [5.41, 5.74) is 0. The highest BCUT2D eigenvalue weighted by atomic mass is 16.6. The van der Waals surface area contributed by atoms with Crippen molar-refractivity contribution in [3.05, 3.63) is 48.6 Å². The van der Waals surface area contributed by atoms with E-state index in [9.17, 15) is 14.4 Å². The maximum atomic E-state index is 12.8. The molecule has 0 N–H and O–H groups in total. The summed E-state index contributed by atoms with van der Waals surface area (Å²) in [6, 6.07) is 0. The highest BCUT2D eigenvalue weighted by Gasteiger charge is 2.19. The number of esters is 3. The Hall–Kier alpha value is -2.63. The topological polar surface area (TPSA) is 78.9 Å². The van der Waals surface area contributed by atoms with E-state index in [1.54, 1.807) is 0 Å². The van der Waals surface area contributed by atoms with Crippen LogP contribution in [-0.2, 0) is 28.6 Å². The molecule has 0 rings (SSSR count). The largest absolute Gasteiger partial charge is 0.462 e. The van der Waals surface area contributed by atoms with Crippen LogP contribution in [-0.4, -0.2) is 37.2 Å². The Bertz CT molecular complexity index is 1200. The quantitative estimate of drug-likeness (QED) is 0.0262. The molecule has 0 saturated carbocycles. The van der Waals surface area contributed by atoms with Crippen LogP contribution in [0, 0.1) is 0 Å². The van der Waals surface area contributed by atoms with E-state index < -0.39 is 6.10 Å². The fourth-order valence-corrected chi connectivity index (χ4v) is 8.69. The summed E-state index contributed by atoms with van der Waals surface area (Å²) in [7, 11) is 0. The summed E-state index contributed by atoms with van der Waals surface area (Å²) in [6.45, 7) is 6.59. The summed E-state index contributed by atoms with van der Waals surface area (Å²) in [5, 5.41) is 0. The van der Waals surface area contributed by atoms with Crippen LogP contribution >= 0.6 is 0 Å². The van der Waals surface area contributed by atoms with Crippen LogP contribution in [0.15, 0.2) is 48.6 Å². The van der Waals surface area contributed by atoms with E-state index in [0.29, 0.717) is 19.3 Å². The Morgan fingerprint density at radius 1 is 0.290 bits per heavy atom. The van der Waals surface area contributed by atoms with E-state index in [1.165, 1.54) is 193 Å². The number of unbranched alkanes of at least 4 members (excludes halogenated alkanes) is 36. The summed E-state index contributed by atoms with van der Waals surface area (Å²) in [6.07, 6.45) is 71.2. The molecular weight excluding hydrogens is 853 g/mol. The lowest BCUT2D eigenvalue weighted by molar-refractivity contribution is -0.167. The van der Waals surface area contributed by atoms with Gasteiger partial charge in [0.1, 0.15) is 13.2 Å². The molecule has 6 nitrogen and oxygen atoms in total. The van der Waals surface area contributed by atoms with Gasteiger partial charge in [-0.05, 0) is 96.3 Å². The number of rotatable bonds is 55. The van der Waals surface area contributed by atoms with Gasteiger partial charge >= 0.3 is 17.9 Å². The first-order chi connectivity index (χ1) is 34.0. The van der Waals surface area contributed by atoms with E-state index in [4.69, 9.17) is 14.2 Å². The zero-order valence-corrected chi connectivity index (χ0v) is 46.1. The van der Waals surface area contributed by atoms with E-state index >= 15 is 0 Å². The van der Waals surface area contributed by atoms with Crippen LogP contribution in [0.2, 0.25) is 0 Å². The predicted molar refractivity (Wildman–Crippen MR) is 298 cm³/mol. The smallest absolute Gasteiger partial charge is 0.306 e. The summed E-state index contributed by atoms with van der Waals surface area (Å²) in [5.74, 6) is -0.884. The number of carbonyl (C=O) groups excluding carboxylic acids is 3. The van der Waals surface area contributed by atoms with Gasteiger partial charge in [0.15, 0.2) is 6.10 Å². The maximum absolute atomic E-state index is 12.8. The van der Waals surface area contributed by atoms with Gasteiger partial charge in [0.2, 0.25) is 0 Å². The minimum absolute atomic E-state index is 0.0769. The van der Waals surface area contributed by atoms with Gasteiger partial charge in [0.25, 0.3) is 0 Å². The van der Waals surface area contributed by atoms with Crippen LogP contribution in [0.4, 0.5) is 0 Å². The number of ether oxygens (including phenoxy) is 3. The number of hydrogen-bond acceptors (Lipinski definition) is 6. The van der Waals surface area contributed by atoms with Gasteiger partial charge in [-0.1, -0.05) is 249 Å².